The first-order valence-electron chi connectivity index (χ1n) is 10.5. The van der Waals surface area contributed by atoms with E-state index in [-0.39, 0.29) is 24.2 Å². The second-order valence-corrected chi connectivity index (χ2v) is 7.94. The molecule has 0 unspecified atom stereocenters. The molecule has 7 heteroatoms. The Hall–Kier alpha value is -2.93. The van der Waals surface area contributed by atoms with Crippen molar-refractivity contribution in [3.63, 3.8) is 0 Å². The normalized spacial score (nSPS) is 16.2. The van der Waals surface area contributed by atoms with Crippen molar-refractivity contribution in [2.75, 3.05) is 44.6 Å². The van der Waals surface area contributed by atoms with Gasteiger partial charge in [0.15, 0.2) is 13.2 Å². The van der Waals surface area contributed by atoms with Crippen LogP contribution in [0, 0.1) is 5.82 Å². The molecule has 0 spiro atoms. The molecule has 2 aliphatic rings. The smallest absolute Gasteiger partial charge is 0.279 e. The highest BCUT2D eigenvalue weighted by molar-refractivity contribution is 5.91. The minimum atomic E-state index is -0.334. The molecule has 2 amide bonds. The summed E-state index contributed by atoms with van der Waals surface area (Å²) in [5.74, 6) is 0.284. The molecule has 1 fully saturated rings. The van der Waals surface area contributed by atoms with Gasteiger partial charge in [-0.05, 0) is 66.8 Å². The Morgan fingerprint density at radius 1 is 1.03 bits per heavy atom. The van der Waals surface area contributed by atoms with E-state index in [4.69, 9.17) is 4.74 Å². The van der Waals surface area contributed by atoms with Crippen molar-refractivity contribution in [3.05, 3.63) is 59.4 Å². The summed E-state index contributed by atoms with van der Waals surface area (Å²) < 4.78 is 18.7. The Labute approximate surface area is 175 Å². The van der Waals surface area contributed by atoms with Gasteiger partial charge < -0.3 is 19.9 Å². The topological polar surface area (TPSA) is 63.1 Å². The fourth-order valence-corrected chi connectivity index (χ4v) is 4.09. The highest BCUT2D eigenvalue weighted by atomic mass is 19.1. The van der Waals surface area contributed by atoms with Gasteiger partial charge in [0, 0.05) is 5.69 Å². The van der Waals surface area contributed by atoms with Crippen LogP contribution < -0.4 is 15.0 Å². The Bertz CT molecular complexity index is 908. The van der Waals surface area contributed by atoms with E-state index in [9.17, 15) is 14.0 Å². The van der Waals surface area contributed by atoms with Crippen molar-refractivity contribution in [1.82, 2.24) is 4.90 Å². The summed E-state index contributed by atoms with van der Waals surface area (Å²) in [5, 5.41) is 2.78. The molecule has 1 heterocycles. The summed E-state index contributed by atoms with van der Waals surface area (Å²) in [4.78, 5) is 27.6. The molecule has 158 valence electrons. The van der Waals surface area contributed by atoms with Crippen LogP contribution in [0.15, 0.2) is 42.5 Å². The Morgan fingerprint density at radius 3 is 2.53 bits per heavy atom. The zero-order chi connectivity index (χ0) is 20.9. The lowest BCUT2D eigenvalue weighted by atomic mass is 10.1. The van der Waals surface area contributed by atoms with E-state index >= 15 is 0 Å². The molecule has 30 heavy (non-hydrogen) atoms. The van der Waals surface area contributed by atoms with E-state index in [2.05, 4.69) is 17.4 Å². The Kier molecular flexibility index (Phi) is 6.28. The molecule has 2 aromatic carbocycles. The van der Waals surface area contributed by atoms with Gasteiger partial charge in [-0.15, -0.1) is 0 Å². The van der Waals surface area contributed by atoms with Crippen molar-refractivity contribution >= 4 is 17.5 Å². The maximum Gasteiger partial charge on any atom is 0.279 e. The minimum Gasteiger partial charge on any atom is -0.484 e. The van der Waals surface area contributed by atoms with E-state index in [1.165, 1.54) is 29.7 Å². The number of piperazine rings is 1. The zero-order valence-corrected chi connectivity index (χ0v) is 17.0. The SMILES string of the molecule is O=C(C[NH+]1CCN(C(=O)COc2ccc3c(c2)CCC3)CC1)Nc1ccc(F)cc1. The molecule has 6 nitrogen and oxygen atoms in total. The van der Waals surface area contributed by atoms with Crippen LogP contribution in [0.25, 0.3) is 0 Å². The third-order valence-electron chi connectivity index (χ3n) is 5.79. The van der Waals surface area contributed by atoms with Crippen LogP contribution in [0.2, 0.25) is 0 Å². The van der Waals surface area contributed by atoms with Crippen LogP contribution in [-0.2, 0) is 22.4 Å². The van der Waals surface area contributed by atoms with Gasteiger partial charge in [-0.1, -0.05) is 6.07 Å². The number of carbonyl (C=O) groups is 2. The molecule has 1 aliphatic heterocycles. The Balaban J connectivity index is 1.18. The van der Waals surface area contributed by atoms with Gasteiger partial charge in [0.2, 0.25) is 0 Å². The molecule has 2 aromatic rings. The predicted molar refractivity (Wildman–Crippen MR) is 111 cm³/mol. The van der Waals surface area contributed by atoms with Gasteiger partial charge in [0.1, 0.15) is 11.6 Å². The van der Waals surface area contributed by atoms with Crippen molar-refractivity contribution in [2.24, 2.45) is 0 Å². The summed E-state index contributed by atoms with van der Waals surface area (Å²) >= 11 is 0. The van der Waals surface area contributed by atoms with Crippen LogP contribution in [-0.4, -0.2) is 56.0 Å². The number of nitrogens with zero attached hydrogens (tertiary/aromatic N) is 1. The fourth-order valence-electron chi connectivity index (χ4n) is 4.09. The third-order valence-corrected chi connectivity index (χ3v) is 5.79. The molecule has 4 rings (SSSR count). The third kappa shape index (κ3) is 5.16. The predicted octanol–water partition coefficient (Wildman–Crippen LogP) is 1.06. The van der Waals surface area contributed by atoms with Crippen molar-refractivity contribution in [3.8, 4) is 5.75 Å². The van der Waals surface area contributed by atoms with Gasteiger partial charge in [-0.3, -0.25) is 9.59 Å². The lowest BCUT2D eigenvalue weighted by Crippen LogP contribution is -3.15. The summed E-state index contributed by atoms with van der Waals surface area (Å²) in [6.07, 6.45) is 3.40. The quantitative estimate of drug-likeness (QED) is 0.746. The Morgan fingerprint density at radius 2 is 1.77 bits per heavy atom. The molecule has 0 radical (unpaired) electrons. The van der Waals surface area contributed by atoms with E-state index in [1.807, 2.05) is 6.07 Å². The van der Waals surface area contributed by atoms with Gasteiger partial charge in [-0.2, -0.15) is 0 Å². The van der Waals surface area contributed by atoms with Crippen LogP contribution >= 0.6 is 0 Å². The van der Waals surface area contributed by atoms with Crippen molar-refractivity contribution in [2.45, 2.75) is 19.3 Å². The van der Waals surface area contributed by atoms with E-state index in [0.717, 1.165) is 23.5 Å². The first-order chi connectivity index (χ1) is 14.6. The maximum atomic E-state index is 12.9. The largest absolute Gasteiger partial charge is 0.484 e. The first kappa shape index (κ1) is 20.3. The maximum absolute atomic E-state index is 12.9. The van der Waals surface area contributed by atoms with Gasteiger partial charge in [0.05, 0.1) is 26.2 Å². The number of nitrogens with one attached hydrogen (secondary N) is 2. The lowest BCUT2D eigenvalue weighted by molar-refractivity contribution is -0.895. The van der Waals surface area contributed by atoms with E-state index in [0.29, 0.717) is 38.4 Å². The van der Waals surface area contributed by atoms with Crippen molar-refractivity contribution < 1.29 is 23.6 Å². The monoisotopic (exact) mass is 412 g/mol. The second-order valence-electron chi connectivity index (χ2n) is 7.94. The number of halogens is 1. The number of benzene rings is 2. The molecule has 0 bridgehead atoms. The summed E-state index contributed by atoms with van der Waals surface area (Å²) in [7, 11) is 0. The number of aryl methyl sites for hydroxylation is 2. The average molecular weight is 412 g/mol. The van der Waals surface area contributed by atoms with Crippen molar-refractivity contribution in [1.29, 1.82) is 0 Å². The number of fused-ring (bicyclic) bond motifs is 1. The van der Waals surface area contributed by atoms with Crippen LogP contribution in [0.3, 0.4) is 0 Å². The summed E-state index contributed by atoms with van der Waals surface area (Å²) in [6, 6.07) is 11.8. The standard InChI is InChI=1S/C23H26FN3O3/c24-19-5-7-20(8-6-19)25-22(28)15-26-10-12-27(13-11-26)23(29)16-30-21-9-4-17-2-1-3-18(17)14-21/h4-9,14H,1-3,10-13,15-16H2,(H,25,28)/p+1. The van der Waals surface area contributed by atoms with E-state index < -0.39 is 0 Å². The van der Waals surface area contributed by atoms with Crippen LogP contribution in [0.1, 0.15) is 17.5 Å². The number of anilines is 1. The molecule has 0 atom stereocenters. The number of hydrogen-bond acceptors (Lipinski definition) is 3. The summed E-state index contributed by atoms with van der Waals surface area (Å²) in [6.45, 7) is 2.99. The fraction of sp³-hybridized carbons (Fsp3) is 0.391. The molecular weight excluding hydrogens is 385 g/mol. The molecule has 2 N–H and O–H groups in total. The number of carbonyl (C=O) groups excluding carboxylic acids is 2. The molecular formula is C23H27FN3O3+. The minimum absolute atomic E-state index is 0.0229. The zero-order valence-electron chi connectivity index (χ0n) is 17.0. The first-order valence-corrected chi connectivity index (χ1v) is 10.5. The molecule has 1 aliphatic carbocycles. The average Bonchev–Trinajstić information content (AvgIpc) is 3.22. The number of rotatable bonds is 6. The van der Waals surface area contributed by atoms with E-state index in [1.54, 1.807) is 17.0 Å². The highest BCUT2D eigenvalue weighted by Gasteiger charge is 2.25. The number of hydrogen-bond donors (Lipinski definition) is 2. The lowest BCUT2D eigenvalue weighted by Gasteiger charge is -2.31. The van der Waals surface area contributed by atoms with Crippen LogP contribution in [0.4, 0.5) is 10.1 Å². The van der Waals surface area contributed by atoms with Gasteiger partial charge in [-0.25, -0.2) is 4.39 Å². The number of ether oxygens (including phenoxy) is 1. The summed E-state index contributed by atoms with van der Waals surface area (Å²) in [5.41, 5.74) is 3.30. The van der Waals surface area contributed by atoms with Gasteiger partial charge in [0.25, 0.3) is 11.8 Å². The number of quaternary nitrogens is 1. The molecule has 0 aromatic heterocycles. The molecule has 0 saturated carbocycles. The van der Waals surface area contributed by atoms with Gasteiger partial charge >= 0.3 is 0 Å². The number of amides is 2. The van der Waals surface area contributed by atoms with Crippen LogP contribution in [0.5, 0.6) is 5.75 Å². The highest BCUT2D eigenvalue weighted by Crippen LogP contribution is 2.26. The second kappa shape index (κ2) is 9.26. The molecule has 1 saturated heterocycles.